The van der Waals surface area contributed by atoms with Crippen molar-refractivity contribution in [1.29, 1.82) is 0 Å². The number of methoxy groups -OCH3 is 1. The lowest BCUT2D eigenvalue weighted by molar-refractivity contribution is -0.139. The Balaban J connectivity index is 0.000000466. The van der Waals surface area contributed by atoms with Crippen LogP contribution in [0.4, 0.5) is 10.5 Å². The lowest BCUT2D eigenvalue weighted by Gasteiger charge is -2.16. The molecule has 0 radical (unpaired) electrons. The number of primary amides is 1. The van der Waals surface area contributed by atoms with Crippen molar-refractivity contribution in [3.63, 3.8) is 0 Å². The summed E-state index contributed by atoms with van der Waals surface area (Å²) in [5.41, 5.74) is 7.84. The molecule has 1 unspecified atom stereocenters. The number of hydrogen-bond acceptors (Lipinski definition) is 5. The van der Waals surface area contributed by atoms with Gasteiger partial charge in [-0.3, -0.25) is 4.79 Å². The van der Waals surface area contributed by atoms with Gasteiger partial charge in [-0.2, -0.15) is 0 Å². The molecule has 7 nitrogen and oxygen atoms in total. The predicted molar refractivity (Wildman–Crippen MR) is 142 cm³/mol. The molecular formula is C27H32N2O5S. The number of anilines is 1. The number of benzene rings is 3. The molecule has 1 amide bonds. The minimum Gasteiger partial charge on any atom is -0.469 e. The number of nitrogens with one attached hydrogen (secondary N) is 1. The Hall–Kier alpha value is -3.78. The fourth-order valence-electron chi connectivity index (χ4n) is 3.03. The van der Waals surface area contributed by atoms with Crippen molar-refractivity contribution in [3.05, 3.63) is 84.4 Å². The van der Waals surface area contributed by atoms with Gasteiger partial charge in [0.1, 0.15) is 5.60 Å². The largest absolute Gasteiger partial charge is 0.469 e. The molecule has 3 N–H and O–H groups in total. The van der Waals surface area contributed by atoms with Gasteiger partial charge in [-0.05, 0) is 67.6 Å². The molecule has 1 atom stereocenters. The summed E-state index contributed by atoms with van der Waals surface area (Å²) in [6, 6.07) is 24.7. The molecule has 0 spiro atoms. The minimum atomic E-state index is -2.73. The minimum absolute atomic E-state index is 0.163. The van der Waals surface area contributed by atoms with Crippen LogP contribution in [0.15, 0.2) is 83.8 Å². The number of esters is 1. The second-order valence-corrected chi connectivity index (χ2v) is 10.7. The van der Waals surface area contributed by atoms with E-state index in [2.05, 4.69) is 20.1 Å². The molecule has 8 heteroatoms. The van der Waals surface area contributed by atoms with Crippen molar-refractivity contribution in [2.24, 2.45) is 5.73 Å². The molecule has 0 saturated carbocycles. The molecule has 0 aliphatic heterocycles. The standard InChI is InChI=1S/C22H21NO3S.C5H11NO2/c1-26-22(24)16-17-7-6-10-20(15-17)23-27(2,25)21-13-11-19(12-14-21)18-8-4-3-5-9-18;1-5(2,3)8-4(6)7/h3-15H,2,16H2,1H3,(H,23,25);1-3H3,(H2,6,7). The fraction of sp³-hybridized carbons (Fsp3) is 0.222. The van der Waals surface area contributed by atoms with Gasteiger partial charge in [-0.15, -0.1) is 0 Å². The third-order valence-electron chi connectivity index (χ3n) is 4.53. The predicted octanol–water partition coefficient (Wildman–Crippen LogP) is 5.05. The zero-order valence-electron chi connectivity index (χ0n) is 20.4. The third-order valence-corrected chi connectivity index (χ3v) is 6.13. The van der Waals surface area contributed by atoms with Crippen LogP contribution in [-0.2, 0) is 30.4 Å². The van der Waals surface area contributed by atoms with Gasteiger partial charge in [0.2, 0.25) is 0 Å². The van der Waals surface area contributed by atoms with Gasteiger partial charge in [-0.25, -0.2) is 9.00 Å². The Morgan fingerprint density at radius 1 is 0.943 bits per heavy atom. The molecule has 3 rings (SSSR count). The van der Waals surface area contributed by atoms with Crippen molar-refractivity contribution in [2.45, 2.75) is 37.7 Å². The quantitative estimate of drug-likeness (QED) is 0.367. The van der Waals surface area contributed by atoms with Gasteiger partial charge in [0.15, 0.2) is 0 Å². The van der Waals surface area contributed by atoms with Gasteiger partial charge in [0, 0.05) is 10.6 Å². The molecule has 186 valence electrons. The van der Waals surface area contributed by atoms with E-state index in [0.29, 0.717) is 10.6 Å². The van der Waals surface area contributed by atoms with E-state index in [9.17, 15) is 13.8 Å². The molecule has 0 aromatic heterocycles. The Morgan fingerprint density at radius 3 is 2.06 bits per heavy atom. The summed E-state index contributed by atoms with van der Waals surface area (Å²) in [6.07, 6.45) is -0.562. The van der Waals surface area contributed by atoms with Crippen molar-refractivity contribution in [2.75, 3.05) is 11.8 Å². The SMILES string of the molecule is C=S(=O)(Nc1cccc(CC(=O)OC)c1)c1ccc(-c2ccccc2)cc1.CC(C)(C)OC(N)=O. The average molecular weight is 497 g/mol. The van der Waals surface area contributed by atoms with Crippen molar-refractivity contribution in [1.82, 2.24) is 0 Å². The maximum atomic E-state index is 13.1. The van der Waals surface area contributed by atoms with Crippen molar-refractivity contribution in [3.8, 4) is 11.1 Å². The van der Waals surface area contributed by atoms with Crippen LogP contribution < -0.4 is 10.5 Å². The topological polar surface area (TPSA) is 108 Å². The maximum absolute atomic E-state index is 13.1. The van der Waals surface area contributed by atoms with Crippen LogP contribution in [0.1, 0.15) is 26.3 Å². The first-order valence-corrected chi connectivity index (χ1v) is 12.6. The summed E-state index contributed by atoms with van der Waals surface area (Å²) in [7, 11) is -1.38. The fourth-order valence-corrected chi connectivity index (χ4v) is 4.23. The average Bonchev–Trinajstić information content (AvgIpc) is 2.78. The number of nitrogens with two attached hydrogens (primary N) is 1. The van der Waals surface area contributed by atoms with Gasteiger partial charge >= 0.3 is 12.1 Å². The first-order valence-electron chi connectivity index (χ1n) is 10.8. The molecule has 3 aromatic carbocycles. The number of hydrogen-bond donors (Lipinski definition) is 2. The Kier molecular flexibility index (Phi) is 9.48. The van der Waals surface area contributed by atoms with Crippen LogP contribution in [0.5, 0.6) is 0 Å². The summed E-state index contributed by atoms with van der Waals surface area (Å²) in [6.45, 7) is 5.28. The number of carbonyl (C=O) groups excluding carboxylic acids is 2. The number of ether oxygens (including phenoxy) is 2. The third kappa shape index (κ3) is 9.54. The molecular weight excluding hydrogens is 464 g/mol. The van der Waals surface area contributed by atoms with Crippen LogP contribution in [-0.4, -0.2) is 34.9 Å². The summed E-state index contributed by atoms with van der Waals surface area (Å²) in [4.78, 5) is 22.1. The number of carbonyl (C=O) groups is 2. The van der Waals surface area contributed by atoms with Gasteiger partial charge in [-0.1, -0.05) is 54.6 Å². The molecule has 0 saturated heterocycles. The smallest absolute Gasteiger partial charge is 0.405 e. The van der Waals surface area contributed by atoms with E-state index in [1.807, 2.05) is 60.7 Å². The second-order valence-electron chi connectivity index (χ2n) is 8.65. The van der Waals surface area contributed by atoms with Gasteiger partial charge in [0.05, 0.1) is 23.2 Å². The zero-order valence-corrected chi connectivity index (χ0v) is 21.3. The number of rotatable bonds is 6. The first kappa shape index (κ1) is 27.5. The lowest BCUT2D eigenvalue weighted by Crippen LogP contribution is -2.27. The first-order chi connectivity index (χ1) is 16.4. The van der Waals surface area contributed by atoms with E-state index < -0.39 is 21.4 Å². The van der Waals surface area contributed by atoms with Crippen LogP contribution in [0, 0.1) is 0 Å². The van der Waals surface area contributed by atoms with Crippen molar-refractivity contribution >= 4 is 33.3 Å². The van der Waals surface area contributed by atoms with E-state index in [4.69, 9.17) is 5.73 Å². The van der Waals surface area contributed by atoms with Crippen LogP contribution >= 0.6 is 0 Å². The van der Waals surface area contributed by atoms with Crippen molar-refractivity contribution < 1.29 is 23.3 Å². The summed E-state index contributed by atoms with van der Waals surface area (Å²) >= 11 is 0. The molecule has 0 aliphatic carbocycles. The highest BCUT2D eigenvalue weighted by atomic mass is 32.2. The Bertz CT molecular complexity index is 1230. The number of amides is 1. The monoisotopic (exact) mass is 496 g/mol. The van der Waals surface area contributed by atoms with Crippen LogP contribution in [0.3, 0.4) is 0 Å². The van der Waals surface area contributed by atoms with E-state index in [0.717, 1.165) is 16.7 Å². The maximum Gasteiger partial charge on any atom is 0.405 e. The summed E-state index contributed by atoms with van der Waals surface area (Å²) in [5.74, 6) is 3.55. The Morgan fingerprint density at radius 2 is 1.54 bits per heavy atom. The summed E-state index contributed by atoms with van der Waals surface area (Å²) < 4.78 is 25.3. The molecule has 3 aromatic rings. The second kappa shape index (κ2) is 12.1. The van der Waals surface area contributed by atoms with E-state index in [-0.39, 0.29) is 12.4 Å². The van der Waals surface area contributed by atoms with Crippen LogP contribution in [0.2, 0.25) is 0 Å². The van der Waals surface area contributed by atoms with E-state index >= 15 is 0 Å². The lowest BCUT2D eigenvalue weighted by atomic mass is 10.1. The zero-order chi connectivity index (χ0) is 26.1. The molecule has 0 fully saturated rings. The van der Waals surface area contributed by atoms with E-state index in [1.54, 1.807) is 39.0 Å². The highest BCUT2D eigenvalue weighted by molar-refractivity contribution is 8.01. The van der Waals surface area contributed by atoms with Crippen LogP contribution in [0.25, 0.3) is 11.1 Å². The Labute approximate surface area is 207 Å². The molecule has 35 heavy (non-hydrogen) atoms. The van der Waals surface area contributed by atoms with Gasteiger partial charge in [0.25, 0.3) is 0 Å². The normalized spacial score (nSPS) is 12.3. The molecule has 0 aliphatic rings. The molecule has 0 bridgehead atoms. The van der Waals surface area contributed by atoms with E-state index in [1.165, 1.54) is 7.11 Å². The van der Waals surface area contributed by atoms with Gasteiger partial charge < -0.3 is 19.9 Å². The molecule has 0 heterocycles. The summed E-state index contributed by atoms with van der Waals surface area (Å²) in [5, 5.41) is 0. The highest BCUT2D eigenvalue weighted by Crippen LogP contribution is 2.23. The highest BCUT2D eigenvalue weighted by Gasteiger charge is 2.12.